The number of hydrogen-bond acceptors (Lipinski definition) is 1. The molecule has 3 nitrogen and oxygen atoms in total. The van der Waals surface area contributed by atoms with Gasteiger partial charge >= 0.3 is 5.97 Å². The van der Waals surface area contributed by atoms with Gasteiger partial charge < -0.3 is 10.1 Å². The number of nitrogens with one attached hydrogen (secondary N) is 1. The van der Waals surface area contributed by atoms with Crippen molar-refractivity contribution in [2.75, 3.05) is 0 Å². The highest BCUT2D eigenvalue weighted by molar-refractivity contribution is 9.10. The molecule has 1 heterocycles. The predicted octanol–water partition coefficient (Wildman–Crippen LogP) is 4.84. The summed E-state index contributed by atoms with van der Waals surface area (Å²) in [4.78, 5) is 14.7. The zero-order chi connectivity index (χ0) is 15.9. The summed E-state index contributed by atoms with van der Waals surface area (Å²) in [6, 6.07) is 12.0. The molecule has 0 amide bonds. The van der Waals surface area contributed by atoms with Gasteiger partial charge in [-0.05, 0) is 42.7 Å². The molecule has 2 aromatic carbocycles. The standard InChI is InChI=1S/C18H16BrNO2/c1-10-7-11(2)17-13(9-16(21)22)18(20-15(17)8-10)12-5-3-4-6-14(12)19/h3-8,20H,9H2,1-2H3,(H,21,22). The number of H-pyrrole nitrogens is 1. The van der Waals surface area contributed by atoms with Gasteiger partial charge in [-0.25, -0.2) is 0 Å². The van der Waals surface area contributed by atoms with E-state index in [0.717, 1.165) is 43.3 Å². The third-order valence-electron chi connectivity index (χ3n) is 3.81. The Bertz CT molecular complexity index is 880. The molecule has 0 unspecified atom stereocenters. The van der Waals surface area contributed by atoms with Crippen LogP contribution < -0.4 is 0 Å². The molecule has 3 rings (SSSR count). The van der Waals surface area contributed by atoms with Crippen LogP contribution in [0.3, 0.4) is 0 Å². The molecule has 0 aliphatic rings. The summed E-state index contributed by atoms with van der Waals surface area (Å²) < 4.78 is 0.947. The van der Waals surface area contributed by atoms with Crippen molar-refractivity contribution in [2.24, 2.45) is 0 Å². The molecule has 3 aromatic rings. The third-order valence-corrected chi connectivity index (χ3v) is 4.51. The van der Waals surface area contributed by atoms with Crippen molar-refractivity contribution in [1.29, 1.82) is 0 Å². The number of fused-ring (bicyclic) bond motifs is 1. The monoisotopic (exact) mass is 357 g/mol. The molecule has 0 atom stereocenters. The lowest BCUT2D eigenvalue weighted by molar-refractivity contribution is -0.136. The molecule has 22 heavy (non-hydrogen) atoms. The van der Waals surface area contributed by atoms with Gasteiger partial charge in [-0.3, -0.25) is 4.79 Å². The molecule has 2 N–H and O–H groups in total. The van der Waals surface area contributed by atoms with Crippen LogP contribution in [-0.2, 0) is 11.2 Å². The summed E-state index contributed by atoms with van der Waals surface area (Å²) in [5.74, 6) is -0.825. The lowest BCUT2D eigenvalue weighted by atomic mass is 9.99. The molecular weight excluding hydrogens is 342 g/mol. The number of aliphatic carboxylic acids is 1. The molecule has 4 heteroatoms. The summed E-state index contributed by atoms with van der Waals surface area (Å²) in [6.45, 7) is 4.07. The molecule has 0 radical (unpaired) electrons. The number of halogens is 1. The quantitative estimate of drug-likeness (QED) is 0.704. The van der Waals surface area contributed by atoms with E-state index in [9.17, 15) is 9.90 Å². The summed E-state index contributed by atoms with van der Waals surface area (Å²) in [5, 5.41) is 10.3. The van der Waals surface area contributed by atoms with Crippen molar-refractivity contribution in [2.45, 2.75) is 20.3 Å². The van der Waals surface area contributed by atoms with E-state index in [-0.39, 0.29) is 6.42 Å². The number of carboxylic acid groups (broad SMARTS) is 1. The van der Waals surface area contributed by atoms with Gasteiger partial charge in [0.15, 0.2) is 0 Å². The molecule has 112 valence electrons. The summed E-state index contributed by atoms with van der Waals surface area (Å²) in [6.07, 6.45) is 0.000564. The van der Waals surface area contributed by atoms with Crippen LogP contribution in [0.15, 0.2) is 40.9 Å². The predicted molar refractivity (Wildman–Crippen MR) is 92.2 cm³/mol. The van der Waals surface area contributed by atoms with Crippen molar-refractivity contribution in [3.63, 3.8) is 0 Å². The smallest absolute Gasteiger partial charge is 0.307 e. The van der Waals surface area contributed by atoms with Gasteiger partial charge in [0.25, 0.3) is 0 Å². The minimum Gasteiger partial charge on any atom is -0.481 e. The van der Waals surface area contributed by atoms with Crippen LogP contribution in [-0.4, -0.2) is 16.1 Å². The first-order chi connectivity index (χ1) is 10.5. The highest BCUT2D eigenvalue weighted by Gasteiger charge is 2.18. The Morgan fingerprint density at radius 1 is 1.23 bits per heavy atom. The average molecular weight is 358 g/mol. The Kier molecular flexibility index (Phi) is 3.79. The maximum atomic E-state index is 11.3. The fourth-order valence-electron chi connectivity index (χ4n) is 3.02. The van der Waals surface area contributed by atoms with E-state index in [1.54, 1.807) is 0 Å². The van der Waals surface area contributed by atoms with Gasteiger partial charge in [0.05, 0.1) is 12.1 Å². The Balaban J connectivity index is 2.36. The van der Waals surface area contributed by atoms with Gasteiger partial charge in [0, 0.05) is 20.9 Å². The second-order valence-electron chi connectivity index (χ2n) is 5.53. The summed E-state index contributed by atoms with van der Waals surface area (Å²) >= 11 is 3.56. The zero-order valence-corrected chi connectivity index (χ0v) is 14.0. The van der Waals surface area contributed by atoms with Crippen molar-refractivity contribution in [1.82, 2.24) is 4.98 Å². The molecule has 1 aromatic heterocycles. The molecule has 0 saturated heterocycles. The van der Waals surface area contributed by atoms with Crippen LogP contribution >= 0.6 is 15.9 Å². The first-order valence-corrected chi connectivity index (χ1v) is 7.85. The van der Waals surface area contributed by atoms with Crippen LogP contribution in [0.4, 0.5) is 0 Å². The summed E-state index contributed by atoms with van der Waals surface area (Å²) in [7, 11) is 0. The molecular formula is C18H16BrNO2. The van der Waals surface area contributed by atoms with E-state index >= 15 is 0 Å². The SMILES string of the molecule is Cc1cc(C)c2c(CC(=O)O)c(-c3ccccc3Br)[nH]c2c1. The van der Waals surface area contributed by atoms with Crippen LogP contribution in [0.1, 0.15) is 16.7 Å². The van der Waals surface area contributed by atoms with Gasteiger partial charge in [-0.2, -0.15) is 0 Å². The third kappa shape index (κ3) is 2.55. The maximum absolute atomic E-state index is 11.3. The highest BCUT2D eigenvalue weighted by atomic mass is 79.9. The number of aromatic nitrogens is 1. The fraction of sp³-hybridized carbons (Fsp3) is 0.167. The lowest BCUT2D eigenvalue weighted by Gasteiger charge is -2.06. The average Bonchev–Trinajstić information content (AvgIpc) is 2.77. The molecule has 0 fully saturated rings. The number of benzene rings is 2. The van der Waals surface area contributed by atoms with E-state index in [4.69, 9.17) is 0 Å². The van der Waals surface area contributed by atoms with Crippen molar-refractivity contribution >= 4 is 32.8 Å². The molecule has 0 aliphatic carbocycles. The van der Waals surface area contributed by atoms with Gasteiger partial charge in [-0.1, -0.05) is 40.2 Å². The van der Waals surface area contributed by atoms with Crippen molar-refractivity contribution in [3.8, 4) is 11.3 Å². The highest BCUT2D eigenvalue weighted by Crippen LogP contribution is 2.36. The van der Waals surface area contributed by atoms with Gasteiger partial charge in [0.2, 0.25) is 0 Å². The van der Waals surface area contributed by atoms with Crippen molar-refractivity contribution < 1.29 is 9.90 Å². The van der Waals surface area contributed by atoms with Gasteiger partial charge in [0.1, 0.15) is 0 Å². The van der Waals surface area contributed by atoms with Gasteiger partial charge in [-0.15, -0.1) is 0 Å². The Labute approximate surface area is 137 Å². The number of carbonyl (C=O) groups is 1. The van der Waals surface area contributed by atoms with Crippen LogP contribution in [0.25, 0.3) is 22.2 Å². The van der Waals surface area contributed by atoms with Crippen molar-refractivity contribution in [3.05, 3.63) is 57.6 Å². The van der Waals surface area contributed by atoms with E-state index in [2.05, 4.69) is 33.0 Å². The van der Waals surface area contributed by atoms with E-state index in [0.29, 0.717) is 0 Å². The van der Waals surface area contributed by atoms with E-state index < -0.39 is 5.97 Å². The number of aromatic amines is 1. The van der Waals surface area contributed by atoms with E-state index in [1.807, 2.05) is 38.1 Å². The maximum Gasteiger partial charge on any atom is 0.307 e. The molecule has 0 bridgehead atoms. The Morgan fingerprint density at radius 3 is 2.64 bits per heavy atom. The normalized spacial score (nSPS) is 11.0. The summed E-state index contributed by atoms with van der Waals surface area (Å²) in [5.41, 5.74) is 5.93. The fourth-order valence-corrected chi connectivity index (χ4v) is 3.51. The first-order valence-electron chi connectivity index (χ1n) is 7.06. The Morgan fingerprint density at radius 2 is 1.95 bits per heavy atom. The van der Waals surface area contributed by atoms with Crippen LogP contribution in [0.2, 0.25) is 0 Å². The first kappa shape index (κ1) is 14.9. The van der Waals surface area contributed by atoms with E-state index in [1.165, 1.54) is 0 Å². The van der Waals surface area contributed by atoms with Crippen LogP contribution in [0, 0.1) is 13.8 Å². The second kappa shape index (κ2) is 5.61. The number of rotatable bonds is 3. The lowest BCUT2D eigenvalue weighted by Crippen LogP contribution is -2.01. The Hall–Kier alpha value is -2.07. The zero-order valence-electron chi connectivity index (χ0n) is 12.4. The second-order valence-corrected chi connectivity index (χ2v) is 6.39. The number of hydrogen-bond donors (Lipinski definition) is 2. The number of aryl methyl sites for hydroxylation is 2. The largest absolute Gasteiger partial charge is 0.481 e. The number of carboxylic acids is 1. The van der Waals surface area contributed by atoms with Crippen LogP contribution in [0.5, 0.6) is 0 Å². The topological polar surface area (TPSA) is 53.1 Å². The minimum atomic E-state index is -0.825. The molecule has 0 aliphatic heterocycles. The molecule has 0 spiro atoms. The molecule has 0 saturated carbocycles. The minimum absolute atomic E-state index is 0.000564.